The maximum absolute atomic E-state index is 11.6. The fraction of sp³-hybridized carbons (Fsp3) is 0.500. The monoisotopic (exact) mass is 250 g/mol. The van der Waals surface area contributed by atoms with Crippen LogP contribution in [-0.2, 0) is 4.79 Å². The largest absolute Gasteiger partial charge is 0.395 e. The van der Waals surface area contributed by atoms with Gasteiger partial charge in [-0.25, -0.2) is 0 Å². The van der Waals surface area contributed by atoms with Gasteiger partial charge in [0.1, 0.15) is 0 Å². The van der Waals surface area contributed by atoms with Crippen LogP contribution in [0, 0.1) is 5.92 Å². The maximum Gasteiger partial charge on any atom is 0.226 e. The van der Waals surface area contributed by atoms with Crippen LogP contribution in [0.5, 0.6) is 0 Å². The summed E-state index contributed by atoms with van der Waals surface area (Å²) in [5.74, 6) is -0.0225. The highest BCUT2D eigenvalue weighted by molar-refractivity contribution is 5.92. The van der Waals surface area contributed by atoms with Gasteiger partial charge in [0.05, 0.1) is 6.61 Å². The van der Waals surface area contributed by atoms with Crippen LogP contribution in [-0.4, -0.2) is 30.7 Å². The summed E-state index contributed by atoms with van der Waals surface area (Å²) in [6.07, 6.45) is 0. The summed E-state index contributed by atoms with van der Waals surface area (Å²) in [6, 6.07) is 7.69. The molecular weight excluding hydrogens is 228 g/mol. The molecule has 18 heavy (non-hydrogen) atoms. The normalized spacial score (nSPS) is 10.5. The SMILES string of the molecule is CCN(CCO)c1cccc(NC(=O)C(C)C)c1. The van der Waals surface area contributed by atoms with Crippen molar-refractivity contribution in [1.82, 2.24) is 0 Å². The zero-order valence-corrected chi connectivity index (χ0v) is 11.3. The molecule has 1 amide bonds. The Morgan fingerprint density at radius 3 is 2.72 bits per heavy atom. The van der Waals surface area contributed by atoms with Gasteiger partial charge >= 0.3 is 0 Å². The Bertz CT molecular complexity index is 391. The van der Waals surface area contributed by atoms with E-state index in [2.05, 4.69) is 10.2 Å². The quantitative estimate of drug-likeness (QED) is 0.813. The summed E-state index contributed by atoms with van der Waals surface area (Å²) in [5, 5.41) is 11.9. The van der Waals surface area contributed by atoms with Crippen molar-refractivity contribution >= 4 is 17.3 Å². The Labute approximate surface area is 109 Å². The zero-order valence-electron chi connectivity index (χ0n) is 11.3. The number of benzene rings is 1. The average Bonchev–Trinajstić information content (AvgIpc) is 2.36. The second kappa shape index (κ2) is 7.01. The third-order valence-corrected chi connectivity index (χ3v) is 2.75. The van der Waals surface area contributed by atoms with Gasteiger partial charge < -0.3 is 15.3 Å². The summed E-state index contributed by atoms with van der Waals surface area (Å²) in [6.45, 7) is 7.30. The molecule has 4 heteroatoms. The van der Waals surface area contributed by atoms with Gasteiger partial charge in [-0.3, -0.25) is 4.79 Å². The predicted molar refractivity (Wildman–Crippen MR) is 74.9 cm³/mol. The van der Waals surface area contributed by atoms with Gasteiger partial charge in [-0.1, -0.05) is 19.9 Å². The van der Waals surface area contributed by atoms with Crippen LogP contribution < -0.4 is 10.2 Å². The van der Waals surface area contributed by atoms with Gasteiger partial charge in [0.15, 0.2) is 0 Å². The van der Waals surface area contributed by atoms with Crippen molar-refractivity contribution in [2.45, 2.75) is 20.8 Å². The molecule has 0 radical (unpaired) electrons. The Hall–Kier alpha value is -1.55. The van der Waals surface area contributed by atoms with E-state index < -0.39 is 0 Å². The third-order valence-electron chi connectivity index (χ3n) is 2.75. The lowest BCUT2D eigenvalue weighted by Crippen LogP contribution is -2.26. The third kappa shape index (κ3) is 4.04. The Balaban J connectivity index is 2.81. The minimum atomic E-state index is -0.0339. The summed E-state index contributed by atoms with van der Waals surface area (Å²) in [4.78, 5) is 13.7. The molecule has 0 aliphatic carbocycles. The molecular formula is C14H22N2O2. The number of carbonyl (C=O) groups is 1. The molecule has 1 aromatic carbocycles. The standard InChI is InChI=1S/C14H22N2O2/c1-4-16(8-9-17)13-7-5-6-12(10-13)15-14(18)11(2)3/h5-7,10-11,17H,4,8-9H2,1-3H3,(H,15,18). The molecule has 4 nitrogen and oxygen atoms in total. The molecule has 1 rings (SSSR count). The van der Waals surface area contributed by atoms with Crippen molar-refractivity contribution in [3.8, 4) is 0 Å². The summed E-state index contributed by atoms with van der Waals surface area (Å²) >= 11 is 0. The molecule has 0 saturated carbocycles. The Morgan fingerprint density at radius 1 is 1.44 bits per heavy atom. The molecule has 0 spiro atoms. The molecule has 0 saturated heterocycles. The molecule has 1 aromatic rings. The zero-order chi connectivity index (χ0) is 13.5. The van der Waals surface area contributed by atoms with E-state index >= 15 is 0 Å². The topological polar surface area (TPSA) is 52.6 Å². The number of aliphatic hydroxyl groups excluding tert-OH is 1. The van der Waals surface area contributed by atoms with E-state index in [4.69, 9.17) is 5.11 Å². The lowest BCUT2D eigenvalue weighted by Gasteiger charge is -2.22. The predicted octanol–water partition coefficient (Wildman–Crippen LogP) is 2.10. The van der Waals surface area contributed by atoms with Crippen molar-refractivity contribution in [1.29, 1.82) is 0 Å². The fourth-order valence-electron chi connectivity index (χ4n) is 1.66. The van der Waals surface area contributed by atoms with Gasteiger partial charge in [0, 0.05) is 30.4 Å². The van der Waals surface area contributed by atoms with Gasteiger partial charge in [-0.2, -0.15) is 0 Å². The van der Waals surface area contributed by atoms with Crippen LogP contribution in [0.2, 0.25) is 0 Å². The van der Waals surface area contributed by atoms with Crippen LogP contribution in [0.4, 0.5) is 11.4 Å². The number of rotatable bonds is 6. The molecule has 0 unspecified atom stereocenters. The highest BCUT2D eigenvalue weighted by atomic mass is 16.3. The van der Waals surface area contributed by atoms with Crippen LogP contribution in [0.3, 0.4) is 0 Å². The first-order chi connectivity index (χ1) is 8.58. The number of likely N-dealkylation sites (N-methyl/N-ethyl adjacent to an activating group) is 1. The van der Waals surface area contributed by atoms with Crippen LogP contribution in [0.1, 0.15) is 20.8 Å². The fourth-order valence-corrected chi connectivity index (χ4v) is 1.66. The van der Waals surface area contributed by atoms with Crippen molar-refractivity contribution in [3.05, 3.63) is 24.3 Å². The van der Waals surface area contributed by atoms with Crippen LogP contribution >= 0.6 is 0 Å². The van der Waals surface area contributed by atoms with E-state index in [1.807, 2.05) is 45.0 Å². The first kappa shape index (κ1) is 14.5. The molecule has 2 N–H and O–H groups in total. The van der Waals surface area contributed by atoms with Crippen molar-refractivity contribution < 1.29 is 9.90 Å². The molecule has 0 aliphatic rings. The first-order valence-corrected chi connectivity index (χ1v) is 6.35. The smallest absolute Gasteiger partial charge is 0.226 e. The second-order valence-electron chi connectivity index (χ2n) is 4.50. The summed E-state index contributed by atoms with van der Waals surface area (Å²) in [5.41, 5.74) is 1.80. The number of amides is 1. The minimum Gasteiger partial charge on any atom is -0.395 e. The molecule has 0 aliphatic heterocycles. The molecule has 0 heterocycles. The number of anilines is 2. The van der Waals surface area contributed by atoms with Gasteiger partial charge in [-0.15, -0.1) is 0 Å². The molecule has 0 atom stereocenters. The van der Waals surface area contributed by atoms with E-state index in [1.165, 1.54) is 0 Å². The van der Waals surface area contributed by atoms with Crippen molar-refractivity contribution in [3.63, 3.8) is 0 Å². The second-order valence-corrected chi connectivity index (χ2v) is 4.50. The minimum absolute atomic E-state index is 0.0114. The van der Waals surface area contributed by atoms with Crippen molar-refractivity contribution in [2.75, 3.05) is 29.9 Å². The van der Waals surface area contributed by atoms with Gasteiger partial charge in [-0.05, 0) is 25.1 Å². The number of nitrogens with zero attached hydrogens (tertiary/aromatic N) is 1. The lowest BCUT2D eigenvalue weighted by atomic mass is 10.2. The Kier molecular flexibility index (Phi) is 5.65. The number of nitrogens with one attached hydrogen (secondary N) is 1. The molecule has 0 aromatic heterocycles. The average molecular weight is 250 g/mol. The molecule has 0 fully saturated rings. The highest BCUT2D eigenvalue weighted by Crippen LogP contribution is 2.19. The Morgan fingerprint density at radius 2 is 2.17 bits per heavy atom. The lowest BCUT2D eigenvalue weighted by molar-refractivity contribution is -0.118. The molecule has 100 valence electrons. The number of aliphatic hydroxyl groups is 1. The van der Waals surface area contributed by atoms with Gasteiger partial charge in [0.2, 0.25) is 5.91 Å². The van der Waals surface area contributed by atoms with E-state index in [0.717, 1.165) is 17.9 Å². The molecule has 0 bridgehead atoms. The van der Waals surface area contributed by atoms with Crippen LogP contribution in [0.25, 0.3) is 0 Å². The number of hydrogen-bond donors (Lipinski definition) is 2. The van der Waals surface area contributed by atoms with Crippen LogP contribution in [0.15, 0.2) is 24.3 Å². The van der Waals surface area contributed by atoms with E-state index in [0.29, 0.717) is 6.54 Å². The van der Waals surface area contributed by atoms with E-state index in [-0.39, 0.29) is 18.4 Å². The maximum atomic E-state index is 11.6. The number of carbonyl (C=O) groups excluding carboxylic acids is 1. The van der Waals surface area contributed by atoms with E-state index in [1.54, 1.807) is 0 Å². The van der Waals surface area contributed by atoms with Gasteiger partial charge in [0.25, 0.3) is 0 Å². The van der Waals surface area contributed by atoms with E-state index in [9.17, 15) is 4.79 Å². The number of hydrogen-bond acceptors (Lipinski definition) is 3. The summed E-state index contributed by atoms with van der Waals surface area (Å²) < 4.78 is 0. The summed E-state index contributed by atoms with van der Waals surface area (Å²) in [7, 11) is 0. The van der Waals surface area contributed by atoms with Crippen molar-refractivity contribution in [2.24, 2.45) is 5.92 Å². The highest BCUT2D eigenvalue weighted by Gasteiger charge is 2.08. The first-order valence-electron chi connectivity index (χ1n) is 6.35.